The number of thioether (sulfide) groups is 1. The van der Waals surface area contributed by atoms with E-state index in [1.165, 1.54) is 30.2 Å². The molecule has 0 spiro atoms. The molecular weight excluding hydrogens is 364 g/mol. The number of methoxy groups -OCH3 is 1. The number of amides is 1. The highest BCUT2D eigenvalue weighted by Crippen LogP contribution is 2.24. The molecule has 8 nitrogen and oxygen atoms in total. The monoisotopic (exact) mass is 378 g/mol. The highest BCUT2D eigenvalue weighted by molar-refractivity contribution is 7.99. The van der Waals surface area contributed by atoms with Gasteiger partial charge in [-0.2, -0.15) is 0 Å². The van der Waals surface area contributed by atoms with Gasteiger partial charge in [0.05, 0.1) is 31.4 Å². The summed E-state index contributed by atoms with van der Waals surface area (Å²) in [4.78, 5) is 24.1. The van der Waals surface area contributed by atoms with Crippen LogP contribution in [0.15, 0.2) is 45.7 Å². The number of rotatable bonds is 7. The summed E-state index contributed by atoms with van der Waals surface area (Å²) in [5.41, 5.74) is 0.444. The first-order valence-corrected chi connectivity index (χ1v) is 9.02. The van der Waals surface area contributed by atoms with Crippen LogP contribution < -0.4 is 5.32 Å². The van der Waals surface area contributed by atoms with E-state index in [2.05, 4.69) is 20.3 Å². The summed E-state index contributed by atoms with van der Waals surface area (Å²) in [7, 11) is 1.30. The standard InChI is InChI=1S/C15H14N4O4S2/c1-22-14(21)13-11(4-6-24-13)17-12(20)8-25-15-18-16-9-19(15)7-10-3-2-5-23-10/h2-6,9H,7-8H2,1H3,(H,17,20). The summed E-state index contributed by atoms with van der Waals surface area (Å²) >= 11 is 2.46. The van der Waals surface area contributed by atoms with Gasteiger partial charge in [-0.3, -0.25) is 4.79 Å². The Labute approximate surface area is 151 Å². The Morgan fingerprint density at radius 2 is 2.32 bits per heavy atom. The summed E-state index contributed by atoms with van der Waals surface area (Å²) in [5, 5.41) is 12.9. The number of furan rings is 1. The number of hydrogen-bond acceptors (Lipinski definition) is 8. The van der Waals surface area contributed by atoms with E-state index in [9.17, 15) is 9.59 Å². The number of ether oxygens (including phenoxy) is 1. The Morgan fingerprint density at radius 1 is 1.44 bits per heavy atom. The lowest BCUT2D eigenvalue weighted by Crippen LogP contribution is -2.16. The van der Waals surface area contributed by atoms with E-state index in [-0.39, 0.29) is 11.7 Å². The number of nitrogens with one attached hydrogen (secondary N) is 1. The first kappa shape index (κ1) is 17.2. The molecule has 0 aliphatic carbocycles. The van der Waals surface area contributed by atoms with Crippen LogP contribution in [0.3, 0.4) is 0 Å². The van der Waals surface area contributed by atoms with Crippen molar-refractivity contribution in [3.05, 3.63) is 46.8 Å². The SMILES string of the molecule is COC(=O)c1sccc1NC(=O)CSc1nncn1Cc1ccco1. The molecule has 10 heteroatoms. The Hall–Kier alpha value is -2.59. The first-order chi connectivity index (χ1) is 12.2. The highest BCUT2D eigenvalue weighted by atomic mass is 32.2. The van der Waals surface area contributed by atoms with E-state index in [1.807, 2.05) is 6.07 Å². The number of thiophene rings is 1. The molecule has 0 fully saturated rings. The molecule has 3 heterocycles. The molecule has 3 aromatic rings. The van der Waals surface area contributed by atoms with Crippen LogP contribution in [-0.4, -0.2) is 39.5 Å². The Balaban J connectivity index is 1.57. The summed E-state index contributed by atoms with van der Waals surface area (Å²) in [6.07, 6.45) is 3.18. The molecular formula is C15H14N4O4S2. The fourth-order valence-corrected chi connectivity index (χ4v) is 3.49. The van der Waals surface area contributed by atoms with Crippen LogP contribution >= 0.6 is 23.1 Å². The summed E-state index contributed by atoms with van der Waals surface area (Å²) in [6, 6.07) is 5.32. The zero-order chi connectivity index (χ0) is 17.6. The van der Waals surface area contributed by atoms with Gasteiger partial charge in [0.25, 0.3) is 0 Å². The molecule has 0 aliphatic rings. The van der Waals surface area contributed by atoms with Gasteiger partial charge in [0.15, 0.2) is 5.16 Å². The number of hydrogen-bond donors (Lipinski definition) is 1. The number of carbonyl (C=O) groups excluding carboxylic acids is 2. The zero-order valence-corrected chi connectivity index (χ0v) is 14.8. The fourth-order valence-electron chi connectivity index (χ4n) is 2.01. The normalized spacial score (nSPS) is 10.6. The van der Waals surface area contributed by atoms with Crippen LogP contribution in [0.1, 0.15) is 15.4 Å². The molecule has 3 aromatic heterocycles. The number of carbonyl (C=O) groups is 2. The number of anilines is 1. The number of esters is 1. The van der Waals surface area contributed by atoms with Crippen LogP contribution in [0.25, 0.3) is 0 Å². The number of aromatic nitrogens is 3. The van der Waals surface area contributed by atoms with E-state index in [0.29, 0.717) is 22.3 Å². The Kier molecular flexibility index (Phi) is 5.51. The molecule has 0 saturated heterocycles. The van der Waals surface area contributed by atoms with Crippen molar-refractivity contribution in [3.63, 3.8) is 0 Å². The van der Waals surface area contributed by atoms with Crippen molar-refractivity contribution < 1.29 is 18.7 Å². The Morgan fingerprint density at radius 3 is 3.08 bits per heavy atom. The molecule has 0 radical (unpaired) electrons. The third kappa shape index (κ3) is 4.28. The maximum absolute atomic E-state index is 12.1. The lowest BCUT2D eigenvalue weighted by Gasteiger charge is -2.06. The van der Waals surface area contributed by atoms with E-state index in [4.69, 9.17) is 4.42 Å². The molecule has 0 aromatic carbocycles. The minimum Gasteiger partial charge on any atom is -0.467 e. The molecule has 3 rings (SSSR count). The van der Waals surface area contributed by atoms with E-state index in [1.54, 1.807) is 34.7 Å². The second kappa shape index (κ2) is 7.99. The van der Waals surface area contributed by atoms with Gasteiger partial charge in [0, 0.05) is 0 Å². The van der Waals surface area contributed by atoms with Gasteiger partial charge in [-0.25, -0.2) is 4.79 Å². The first-order valence-electron chi connectivity index (χ1n) is 7.16. The van der Waals surface area contributed by atoms with Crippen molar-refractivity contribution in [1.29, 1.82) is 0 Å². The van der Waals surface area contributed by atoms with Crippen molar-refractivity contribution >= 4 is 40.7 Å². The third-order valence-corrected chi connectivity index (χ3v) is 5.00. The topological polar surface area (TPSA) is 99.2 Å². The minimum atomic E-state index is -0.476. The van der Waals surface area contributed by atoms with Gasteiger partial charge in [-0.15, -0.1) is 21.5 Å². The molecule has 1 amide bonds. The zero-order valence-electron chi connectivity index (χ0n) is 13.2. The van der Waals surface area contributed by atoms with Crippen molar-refractivity contribution in [2.24, 2.45) is 0 Å². The third-order valence-electron chi connectivity index (χ3n) is 3.13. The average molecular weight is 378 g/mol. The van der Waals surface area contributed by atoms with E-state index < -0.39 is 5.97 Å². The lowest BCUT2D eigenvalue weighted by atomic mass is 10.4. The van der Waals surface area contributed by atoms with E-state index in [0.717, 1.165) is 5.76 Å². The smallest absolute Gasteiger partial charge is 0.350 e. The maximum atomic E-state index is 12.1. The predicted molar refractivity (Wildman–Crippen MR) is 92.8 cm³/mol. The molecule has 0 unspecified atom stereocenters. The van der Waals surface area contributed by atoms with Crippen LogP contribution in [0.4, 0.5) is 5.69 Å². The Bertz CT molecular complexity index is 857. The van der Waals surface area contributed by atoms with Crippen LogP contribution in [0.2, 0.25) is 0 Å². The van der Waals surface area contributed by atoms with Gasteiger partial charge in [0.1, 0.15) is 17.0 Å². The van der Waals surface area contributed by atoms with Gasteiger partial charge < -0.3 is 19.0 Å². The predicted octanol–water partition coefficient (Wildman–Crippen LogP) is 2.50. The van der Waals surface area contributed by atoms with Gasteiger partial charge in [-0.1, -0.05) is 11.8 Å². The quantitative estimate of drug-likeness (QED) is 0.498. The van der Waals surface area contributed by atoms with Gasteiger partial charge in [0.2, 0.25) is 5.91 Å². The van der Waals surface area contributed by atoms with Crippen LogP contribution in [0.5, 0.6) is 0 Å². The summed E-state index contributed by atoms with van der Waals surface area (Å²) < 4.78 is 11.8. The molecule has 25 heavy (non-hydrogen) atoms. The molecule has 0 bridgehead atoms. The van der Waals surface area contributed by atoms with Gasteiger partial charge >= 0.3 is 5.97 Å². The maximum Gasteiger partial charge on any atom is 0.350 e. The van der Waals surface area contributed by atoms with E-state index >= 15 is 0 Å². The minimum absolute atomic E-state index is 0.132. The molecule has 0 atom stereocenters. The van der Waals surface area contributed by atoms with Crippen molar-refractivity contribution in [3.8, 4) is 0 Å². The average Bonchev–Trinajstić information content (AvgIpc) is 3.35. The molecule has 1 N–H and O–H groups in total. The number of nitrogens with zero attached hydrogens (tertiary/aromatic N) is 3. The molecule has 0 saturated carbocycles. The lowest BCUT2D eigenvalue weighted by molar-refractivity contribution is -0.113. The second-order valence-corrected chi connectivity index (χ2v) is 6.67. The molecule has 130 valence electrons. The van der Waals surface area contributed by atoms with Crippen molar-refractivity contribution in [1.82, 2.24) is 14.8 Å². The van der Waals surface area contributed by atoms with Crippen molar-refractivity contribution in [2.75, 3.05) is 18.2 Å². The van der Waals surface area contributed by atoms with Crippen LogP contribution in [-0.2, 0) is 16.1 Å². The van der Waals surface area contributed by atoms with Crippen molar-refractivity contribution in [2.45, 2.75) is 11.7 Å². The largest absolute Gasteiger partial charge is 0.467 e. The fraction of sp³-hybridized carbons (Fsp3) is 0.200. The summed E-state index contributed by atoms with van der Waals surface area (Å²) in [6.45, 7) is 0.487. The highest BCUT2D eigenvalue weighted by Gasteiger charge is 2.16. The van der Waals surface area contributed by atoms with Gasteiger partial charge in [-0.05, 0) is 23.6 Å². The second-order valence-electron chi connectivity index (χ2n) is 4.81. The summed E-state index contributed by atoms with van der Waals surface area (Å²) in [5.74, 6) is 0.178. The van der Waals surface area contributed by atoms with Crippen LogP contribution in [0, 0.1) is 0 Å². The molecule has 0 aliphatic heterocycles.